The highest BCUT2D eigenvalue weighted by Crippen LogP contribution is 2.46. The van der Waals surface area contributed by atoms with Crippen LogP contribution in [0.25, 0.3) is 21.6 Å². The van der Waals surface area contributed by atoms with Crippen LogP contribution in [0.1, 0.15) is 47.8 Å². The summed E-state index contributed by atoms with van der Waals surface area (Å²) in [6.07, 6.45) is -0.373. The van der Waals surface area contributed by atoms with Gasteiger partial charge in [0.05, 0.1) is 31.2 Å². The first-order chi connectivity index (χ1) is 22.0. The van der Waals surface area contributed by atoms with Crippen molar-refractivity contribution in [1.82, 2.24) is 24.6 Å². The molecular formula is C29H44N9O7PSi. The number of para-hydroxylation sites is 1. The molecule has 3 aromatic rings. The van der Waals surface area contributed by atoms with Crippen molar-refractivity contribution in [3.63, 3.8) is 0 Å². The van der Waals surface area contributed by atoms with E-state index in [4.69, 9.17) is 28.9 Å². The Balaban J connectivity index is 1.62. The van der Waals surface area contributed by atoms with Gasteiger partial charge in [0.1, 0.15) is 36.1 Å². The first kappa shape index (κ1) is 36.3. The first-order valence-corrected chi connectivity index (χ1v) is 20.0. The molecule has 47 heavy (non-hydrogen) atoms. The number of carbonyl (C=O) groups is 1. The molecule has 1 aliphatic heterocycles. The van der Waals surface area contributed by atoms with Crippen LogP contribution in [0.3, 0.4) is 0 Å². The number of nitrogens with one attached hydrogen (secondary N) is 1. The van der Waals surface area contributed by atoms with Crippen molar-refractivity contribution in [3.05, 3.63) is 53.4 Å². The molecule has 3 unspecified atom stereocenters. The fourth-order valence-electron chi connectivity index (χ4n) is 4.69. The van der Waals surface area contributed by atoms with Crippen molar-refractivity contribution in [1.29, 1.82) is 0 Å². The lowest BCUT2D eigenvalue weighted by Crippen LogP contribution is -2.48. The number of benzene rings is 1. The summed E-state index contributed by atoms with van der Waals surface area (Å²) < 4.78 is 46.2. The van der Waals surface area contributed by atoms with Crippen LogP contribution < -0.4 is 15.3 Å². The first-order valence-electron chi connectivity index (χ1n) is 15.3. The topological polar surface area (TPSA) is 211 Å². The third-order valence-electron chi connectivity index (χ3n) is 8.03. The zero-order chi connectivity index (χ0) is 34.6. The molecule has 3 N–H and O–H groups in total. The molecule has 6 atom stereocenters. The Bertz CT molecular complexity index is 1630. The lowest BCUT2D eigenvalue weighted by Gasteiger charge is -2.40. The minimum absolute atomic E-state index is 0.157. The molecule has 0 amide bonds. The predicted molar refractivity (Wildman–Crippen MR) is 178 cm³/mol. The third-order valence-corrected chi connectivity index (χ3v) is 14.3. The molecule has 4 rings (SSSR count). The molecule has 0 aliphatic carbocycles. The Morgan fingerprint density at radius 3 is 2.55 bits per heavy atom. The molecule has 1 aromatic carbocycles. The number of imidazole rings is 1. The molecule has 3 heterocycles. The minimum Gasteiger partial charge on any atom is -0.462 e. The van der Waals surface area contributed by atoms with Gasteiger partial charge in [0.25, 0.3) is 0 Å². The molecule has 0 bridgehead atoms. The summed E-state index contributed by atoms with van der Waals surface area (Å²) >= 11 is 0. The van der Waals surface area contributed by atoms with Crippen LogP contribution >= 0.6 is 7.52 Å². The lowest BCUT2D eigenvalue weighted by atomic mass is 10.1. The highest BCUT2D eigenvalue weighted by Gasteiger charge is 2.51. The largest absolute Gasteiger partial charge is 0.462 e. The highest BCUT2D eigenvalue weighted by atomic mass is 31.2. The van der Waals surface area contributed by atoms with Crippen molar-refractivity contribution in [2.24, 2.45) is 5.11 Å². The fourth-order valence-corrected chi connectivity index (χ4v) is 7.67. The summed E-state index contributed by atoms with van der Waals surface area (Å²) in [4.78, 5) is 28.4. The second kappa shape index (κ2) is 14.7. The van der Waals surface area contributed by atoms with Crippen LogP contribution in [0.2, 0.25) is 18.1 Å². The van der Waals surface area contributed by atoms with Crippen molar-refractivity contribution in [3.8, 4) is 5.75 Å². The van der Waals surface area contributed by atoms with E-state index in [2.05, 4.69) is 63.9 Å². The van der Waals surface area contributed by atoms with Gasteiger partial charge >= 0.3 is 13.5 Å². The Kier molecular flexibility index (Phi) is 11.3. The number of nitrogens with zero attached hydrogens (tertiary/aromatic N) is 7. The van der Waals surface area contributed by atoms with Gasteiger partial charge in [-0.15, -0.1) is 0 Å². The molecule has 16 nitrogen and oxygen atoms in total. The molecule has 0 spiro atoms. The van der Waals surface area contributed by atoms with Gasteiger partial charge in [-0.2, -0.15) is 0 Å². The second-order valence-electron chi connectivity index (χ2n) is 13.1. The molecule has 1 saturated heterocycles. The molecule has 18 heteroatoms. The minimum atomic E-state index is -3.86. The average molecular weight is 690 g/mol. The summed E-state index contributed by atoms with van der Waals surface area (Å²) in [5.74, 6) is -0.0743. The number of fused-ring (bicyclic) bond motifs is 1. The molecule has 0 radical (unpaired) electrons. The maximum absolute atomic E-state index is 14.1. The van der Waals surface area contributed by atoms with E-state index in [-0.39, 0.29) is 23.6 Å². The summed E-state index contributed by atoms with van der Waals surface area (Å²) in [5, 5.41) is 6.69. The van der Waals surface area contributed by atoms with Gasteiger partial charge in [-0.3, -0.25) is 13.9 Å². The van der Waals surface area contributed by atoms with Crippen LogP contribution in [0.15, 0.2) is 48.1 Å². The smallest absolute Gasteiger partial charge is 0.342 e. The molecule has 2 aromatic heterocycles. The van der Waals surface area contributed by atoms with E-state index < -0.39 is 58.7 Å². The van der Waals surface area contributed by atoms with Gasteiger partial charge in [0.15, 0.2) is 26.0 Å². The van der Waals surface area contributed by atoms with Gasteiger partial charge in [-0.25, -0.2) is 20.0 Å². The Hall–Kier alpha value is -3.56. The Labute approximate surface area is 275 Å². The number of nitrogen functional groups attached to an aromatic ring is 1. The van der Waals surface area contributed by atoms with Crippen molar-refractivity contribution < 1.29 is 32.5 Å². The van der Waals surface area contributed by atoms with Gasteiger partial charge in [0, 0.05) is 4.91 Å². The van der Waals surface area contributed by atoms with E-state index in [1.807, 2.05) is 0 Å². The van der Waals surface area contributed by atoms with E-state index in [0.717, 1.165) is 0 Å². The molecule has 1 fully saturated rings. The number of ether oxygens (including phenoxy) is 3. The van der Waals surface area contributed by atoms with Gasteiger partial charge in [-0.05, 0) is 56.6 Å². The van der Waals surface area contributed by atoms with Crippen LogP contribution in [-0.4, -0.2) is 77.2 Å². The number of carbonyl (C=O) groups excluding carboxylic acids is 1. The SMILES string of the molecule is CC(C)OC(=O)C(C)NP(=O)(COC[C@H]1O[C@@H](n2cnc3c(N)ncnc32)C(O[Si](C)(C)C(C)(C)C)[C@H]1N=[N+]=[N-])Oc1ccccc1. The zero-order valence-corrected chi connectivity index (χ0v) is 29.8. The normalized spacial score (nSPS) is 22.1. The predicted octanol–water partition coefficient (Wildman–Crippen LogP) is 5.55. The van der Waals surface area contributed by atoms with Crippen LogP contribution in [-0.2, 0) is 28.0 Å². The maximum atomic E-state index is 14.1. The van der Waals surface area contributed by atoms with E-state index in [0.29, 0.717) is 16.9 Å². The number of esters is 1. The fraction of sp³-hybridized carbons (Fsp3) is 0.586. The quantitative estimate of drug-likeness (QED) is 0.0533. The van der Waals surface area contributed by atoms with Crippen molar-refractivity contribution >= 4 is 38.8 Å². The van der Waals surface area contributed by atoms with E-state index in [1.165, 1.54) is 19.6 Å². The number of hydrogen-bond acceptors (Lipinski definition) is 12. The summed E-state index contributed by atoms with van der Waals surface area (Å²) in [6.45, 7) is 15.3. The highest BCUT2D eigenvalue weighted by molar-refractivity contribution is 7.57. The van der Waals surface area contributed by atoms with E-state index >= 15 is 0 Å². The number of anilines is 1. The summed E-state index contributed by atoms with van der Waals surface area (Å²) in [7, 11) is -6.32. The average Bonchev–Trinajstić information content (AvgIpc) is 3.55. The maximum Gasteiger partial charge on any atom is 0.342 e. The summed E-state index contributed by atoms with van der Waals surface area (Å²) in [6, 6.07) is 6.72. The van der Waals surface area contributed by atoms with E-state index in [1.54, 1.807) is 48.7 Å². The number of hydrogen-bond donors (Lipinski definition) is 2. The van der Waals surface area contributed by atoms with Gasteiger partial charge in [0.2, 0.25) is 0 Å². The number of azide groups is 1. The molecular weight excluding hydrogens is 645 g/mol. The van der Waals surface area contributed by atoms with E-state index in [9.17, 15) is 14.9 Å². The van der Waals surface area contributed by atoms with Gasteiger partial charge < -0.3 is 28.9 Å². The monoisotopic (exact) mass is 689 g/mol. The molecule has 0 saturated carbocycles. The van der Waals surface area contributed by atoms with Gasteiger partial charge in [-0.1, -0.05) is 44.1 Å². The number of rotatable bonds is 14. The standard InChI is InChI=1S/C29H44N9O7PSi/c1-18(2)42-28(39)19(3)36-46(40,44-20-12-10-9-11-13-20)17-41-14-21-22(35-37-31)24(45-47(7,8)29(4,5)6)27(43-21)38-16-34-23-25(30)32-15-33-26(23)38/h9-13,15-16,18-19,21-22,24,27H,14,17H2,1-8H3,(H,36,40)(H2,30,32,33)/t19?,21-,22+,24?,27-,46?/m1/s1. The summed E-state index contributed by atoms with van der Waals surface area (Å²) in [5.41, 5.74) is 16.5. The van der Waals surface area contributed by atoms with Crippen molar-refractivity contribution in [2.45, 2.75) is 96.3 Å². The number of nitrogens with two attached hydrogens (primary N) is 1. The van der Waals surface area contributed by atoms with Crippen LogP contribution in [0.5, 0.6) is 5.75 Å². The Morgan fingerprint density at radius 2 is 1.91 bits per heavy atom. The molecule has 256 valence electrons. The van der Waals surface area contributed by atoms with Crippen LogP contribution in [0.4, 0.5) is 5.82 Å². The lowest BCUT2D eigenvalue weighted by molar-refractivity contribution is -0.149. The molecule has 1 aliphatic rings. The Morgan fingerprint density at radius 1 is 1.21 bits per heavy atom. The van der Waals surface area contributed by atoms with Crippen LogP contribution in [0, 0.1) is 0 Å². The zero-order valence-electron chi connectivity index (χ0n) is 27.9. The third kappa shape index (κ3) is 8.67. The second-order valence-corrected chi connectivity index (χ2v) is 19.9. The number of aromatic nitrogens is 4. The van der Waals surface area contributed by atoms with Crippen molar-refractivity contribution in [2.75, 3.05) is 18.7 Å².